The van der Waals surface area contributed by atoms with Gasteiger partial charge >= 0.3 is 5.97 Å². The van der Waals surface area contributed by atoms with E-state index in [0.717, 1.165) is 0 Å². The first-order valence-corrected chi connectivity index (χ1v) is 6.03. The van der Waals surface area contributed by atoms with Gasteiger partial charge in [-0.05, 0) is 18.2 Å². The lowest BCUT2D eigenvalue weighted by atomic mass is 10.2. The molecule has 0 bridgehead atoms. The Morgan fingerprint density at radius 2 is 1.95 bits per heavy atom. The number of hydrogen-bond acceptors (Lipinski definition) is 6. The van der Waals surface area contributed by atoms with Gasteiger partial charge in [0.05, 0.1) is 31.7 Å². The number of nitrogens with two attached hydrogens (primary N) is 1. The van der Waals surface area contributed by atoms with Gasteiger partial charge in [-0.15, -0.1) is 0 Å². The third kappa shape index (κ3) is 3.14. The minimum atomic E-state index is -1.11. The van der Waals surface area contributed by atoms with Crippen LogP contribution < -0.4 is 20.5 Å². The van der Waals surface area contributed by atoms with E-state index >= 15 is 0 Å². The maximum atomic E-state index is 11.0. The molecule has 0 aliphatic heterocycles. The van der Waals surface area contributed by atoms with Gasteiger partial charge in [0, 0.05) is 11.8 Å². The summed E-state index contributed by atoms with van der Waals surface area (Å²) >= 11 is 0. The topological polar surface area (TPSA) is 107 Å². The number of pyridine rings is 1. The number of carbonyl (C=O) groups is 1. The Balaban J connectivity index is 2.30. The van der Waals surface area contributed by atoms with Crippen molar-refractivity contribution in [2.24, 2.45) is 0 Å². The van der Waals surface area contributed by atoms with E-state index in [-0.39, 0.29) is 11.3 Å². The molecule has 0 amide bonds. The molecule has 110 valence electrons. The second-order valence-corrected chi connectivity index (χ2v) is 4.16. The van der Waals surface area contributed by atoms with Crippen molar-refractivity contribution in [2.75, 3.05) is 25.3 Å². The molecular weight excluding hydrogens is 274 g/mol. The Kier molecular flexibility index (Phi) is 4.13. The van der Waals surface area contributed by atoms with Crippen LogP contribution in [0.1, 0.15) is 10.4 Å². The van der Waals surface area contributed by atoms with Crippen molar-refractivity contribution in [3.8, 4) is 11.5 Å². The monoisotopic (exact) mass is 289 g/mol. The number of rotatable bonds is 5. The smallest absolute Gasteiger partial charge is 0.337 e. The summed E-state index contributed by atoms with van der Waals surface area (Å²) in [5, 5.41) is 12.0. The predicted octanol–water partition coefficient (Wildman–Crippen LogP) is 2.12. The van der Waals surface area contributed by atoms with Crippen molar-refractivity contribution < 1.29 is 19.4 Å². The van der Waals surface area contributed by atoms with Crippen LogP contribution in [0, 0.1) is 0 Å². The van der Waals surface area contributed by atoms with Crippen LogP contribution in [-0.4, -0.2) is 30.3 Å². The Hall–Kier alpha value is -2.96. The third-order valence-electron chi connectivity index (χ3n) is 2.82. The number of hydrogen-bond donors (Lipinski definition) is 3. The fraction of sp³-hybridized carbons (Fsp3) is 0.143. The first-order valence-electron chi connectivity index (χ1n) is 6.03. The van der Waals surface area contributed by atoms with Gasteiger partial charge in [0.25, 0.3) is 0 Å². The molecule has 2 aromatic rings. The second-order valence-electron chi connectivity index (χ2n) is 4.16. The molecule has 4 N–H and O–H groups in total. The largest absolute Gasteiger partial charge is 0.493 e. The fourth-order valence-corrected chi connectivity index (χ4v) is 1.78. The van der Waals surface area contributed by atoms with Crippen molar-refractivity contribution in [3.05, 3.63) is 36.0 Å². The Bertz CT molecular complexity index is 673. The van der Waals surface area contributed by atoms with Crippen molar-refractivity contribution >= 4 is 23.2 Å². The van der Waals surface area contributed by atoms with E-state index in [1.807, 2.05) is 0 Å². The van der Waals surface area contributed by atoms with E-state index in [1.165, 1.54) is 19.4 Å². The Morgan fingerprint density at radius 1 is 1.24 bits per heavy atom. The minimum Gasteiger partial charge on any atom is -0.493 e. The summed E-state index contributed by atoms with van der Waals surface area (Å²) in [5.41, 5.74) is 6.35. The highest BCUT2D eigenvalue weighted by molar-refractivity contribution is 5.94. The summed E-state index contributed by atoms with van der Waals surface area (Å²) in [5.74, 6) is 0.412. The first-order chi connectivity index (χ1) is 10.0. The zero-order chi connectivity index (χ0) is 15.4. The summed E-state index contributed by atoms with van der Waals surface area (Å²) in [6.45, 7) is 0. The van der Waals surface area contributed by atoms with Crippen LogP contribution in [0.2, 0.25) is 0 Å². The molecule has 7 nitrogen and oxygen atoms in total. The van der Waals surface area contributed by atoms with Crippen molar-refractivity contribution in [2.45, 2.75) is 0 Å². The normalized spacial score (nSPS) is 10.0. The molecule has 0 atom stereocenters. The lowest BCUT2D eigenvalue weighted by Crippen LogP contribution is -2.05. The molecule has 0 aliphatic carbocycles. The van der Waals surface area contributed by atoms with Crippen LogP contribution in [0.15, 0.2) is 30.5 Å². The number of carboxylic acid groups (broad SMARTS) is 1. The van der Waals surface area contributed by atoms with Gasteiger partial charge in [-0.3, -0.25) is 0 Å². The fourth-order valence-electron chi connectivity index (χ4n) is 1.78. The number of aromatic nitrogens is 1. The molecule has 0 unspecified atom stereocenters. The highest BCUT2D eigenvalue weighted by Crippen LogP contribution is 2.31. The van der Waals surface area contributed by atoms with Crippen LogP contribution >= 0.6 is 0 Å². The SMILES string of the molecule is COc1ccc(Nc2cc(C(=O)O)c(N)cn2)cc1OC. The molecule has 0 aliphatic rings. The van der Waals surface area contributed by atoms with Gasteiger partial charge in [0.2, 0.25) is 0 Å². The number of methoxy groups -OCH3 is 2. The maximum Gasteiger partial charge on any atom is 0.337 e. The van der Waals surface area contributed by atoms with Gasteiger partial charge in [-0.1, -0.05) is 0 Å². The Morgan fingerprint density at radius 3 is 2.57 bits per heavy atom. The zero-order valence-corrected chi connectivity index (χ0v) is 11.6. The van der Waals surface area contributed by atoms with E-state index in [0.29, 0.717) is 23.0 Å². The van der Waals surface area contributed by atoms with Crippen LogP contribution in [-0.2, 0) is 0 Å². The molecule has 7 heteroatoms. The highest BCUT2D eigenvalue weighted by atomic mass is 16.5. The number of ether oxygens (including phenoxy) is 2. The molecule has 21 heavy (non-hydrogen) atoms. The van der Waals surface area contributed by atoms with Crippen LogP contribution in [0.4, 0.5) is 17.2 Å². The van der Waals surface area contributed by atoms with Crippen LogP contribution in [0.25, 0.3) is 0 Å². The van der Waals surface area contributed by atoms with Gasteiger partial charge in [-0.2, -0.15) is 0 Å². The lowest BCUT2D eigenvalue weighted by Gasteiger charge is -2.11. The molecule has 0 saturated heterocycles. The summed E-state index contributed by atoms with van der Waals surface area (Å²) in [6, 6.07) is 6.59. The number of nitrogens with one attached hydrogen (secondary N) is 1. The minimum absolute atomic E-state index is 0.00650. The Labute approximate surface area is 121 Å². The number of aromatic carboxylic acids is 1. The average molecular weight is 289 g/mol. The third-order valence-corrected chi connectivity index (χ3v) is 2.82. The molecule has 0 saturated carbocycles. The van der Waals surface area contributed by atoms with Gasteiger partial charge in [0.15, 0.2) is 11.5 Å². The first kappa shape index (κ1) is 14.4. The van der Waals surface area contributed by atoms with E-state index < -0.39 is 5.97 Å². The number of carboxylic acids is 1. The molecule has 2 rings (SSSR count). The van der Waals surface area contributed by atoms with Crippen molar-refractivity contribution in [1.82, 2.24) is 4.98 Å². The summed E-state index contributed by atoms with van der Waals surface area (Å²) in [6.07, 6.45) is 1.30. The molecule has 0 radical (unpaired) electrons. The highest BCUT2D eigenvalue weighted by Gasteiger charge is 2.10. The summed E-state index contributed by atoms with van der Waals surface area (Å²) in [7, 11) is 3.08. The molecule has 1 aromatic heterocycles. The van der Waals surface area contributed by atoms with Crippen LogP contribution in [0.5, 0.6) is 11.5 Å². The maximum absolute atomic E-state index is 11.0. The second kappa shape index (κ2) is 6.00. The standard InChI is InChI=1S/C14H15N3O4/c1-20-11-4-3-8(5-12(11)21-2)17-13-6-9(14(18)19)10(15)7-16-13/h3-7H,15H2,1-2H3,(H,16,17)(H,18,19). The summed E-state index contributed by atoms with van der Waals surface area (Å²) < 4.78 is 10.3. The lowest BCUT2D eigenvalue weighted by molar-refractivity contribution is 0.0698. The van der Waals surface area contributed by atoms with Gasteiger partial charge in [0.1, 0.15) is 5.82 Å². The average Bonchev–Trinajstić information content (AvgIpc) is 2.48. The van der Waals surface area contributed by atoms with Crippen molar-refractivity contribution in [3.63, 3.8) is 0 Å². The predicted molar refractivity (Wildman–Crippen MR) is 78.4 cm³/mol. The molecular formula is C14H15N3O4. The van der Waals surface area contributed by atoms with Gasteiger partial charge < -0.3 is 25.6 Å². The quantitative estimate of drug-likeness (QED) is 0.773. The van der Waals surface area contributed by atoms with E-state index in [1.54, 1.807) is 25.3 Å². The van der Waals surface area contributed by atoms with Crippen molar-refractivity contribution in [1.29, 1.82) is 0 Å². The van der Waals surface area contributed by atoms with E-state index in [9.17, 15) is 4.79 Å². The number of benzene rings is 1. The van der Waals surface area contributed by atoms with E-state index in [2.05, 4.69) is 10.3 Å². The van der Waals surface area contributed by atoms with Crippen LogP contribution in [0.3, 0.4) is 0 Å². The number of nitrogens with zero attached hydrogens (tertiary/aromatic N) is 1. The van der Waals surface area contributed by atoms with Gasteiger partial charge in [-0.25, -0.2) is 9.78 Å². The zero-order valence-electron chi connectivity index (χ0n) is 11.6. The summed E-state index contributed by atoms with van der Waals surface area (Å²) in [4.78, 5) is 15.1. The number of anilines is 3. The molecule has 1 heterocycles. The molecule has 1 aromatic carbocycles. The molecule has 0 fully saturated rings. The van der Waals surface area contributed by atoms with E-state index in [4.69, 9.17) is 20.3 Å². The number of nitrogen functional groups attached to an aromatic ring is 1. The molecule has 0 spiro atoms.